The Morgan fingerprint density at radius 2 is 1.81 bits per heavy atom. The minimum atomic E-state index is -4.45. The maximum absolute atomic E-state index is 12.6. The summed E-state index contributed by atoms with van der Waals surface area (Å²) in [5.41, 5.74) is 0.470. The number of rotatable bonds is 8. The summed E-state index contributed by atoms with van der Waals surface area (Å²) >= 11 is 12.0. The van der Waals surface area contributed by atoms with Crippen LogP contribution in [-0.4, -0.2) is 27.9 Å². The predicted octanol–water partition coefficient (Wildman–Crippen LogP) is 5.28. The van der Waals surface area contributed by atoms with E-state index < -0.39 is 11.7 Å². The fourth-order valence-electron chi connectivity index (χ4n) is 2.60. The first-order valence-corrected chi connectivity index (χ1v) is 9.80. The Bertz CT molecular complexity index is 1030. The van der Waals surface area contributed by atoms with Crippen LogP contribution in [0.3, 0.4) is 0 Å². The molecule has 6 nitrogen and oxygen atoms in total. The number of nitrogens with zero attached hydrogens (tertiary/aromatic N) is 4. The minimum absolute atomic E-state index is 0.0429. The molecule has 0 spiro atoms. The fourth-order valence-corrected chi connectivity index (χ4v) is 3.14. The van der Waals surface area contributed by atoms with Crippen molar-refractivity contribution in [3.8, 4) is 11.6 Å². The molecule has 11 heteroatoms. The average molecular weight is 471 g/mol. The third kappa shape index (κ3) is 5.83. The van der Waals surface area contributed by atoms with E-state index in [1.165, 1.54) is 11.2 Å². The maximum atomic E-state index is 12.6. The molecule has 0 bridgehead atoms. The predicted molar refractivity (Wildman–Crippen MR) is 109 cm³/mol. The van der Waals surface area contributed by atoms with E-state index in [0.717, 1.165) is 17.7 Å². The molecule has 0 radical (unpaired) electrons. The zero-order valence-corrected chi connectivity index (χ0v) is 17.3. The van der Waals surface area contributed by atoms with Gasteiger partial charge in [-0.15, -0.1) is 11.6 Å². The molecule has 31 heavy (non-hydrogen) atoms. The van der Waals surface area contributed by atoms with Gasteiger partial charge in [-0.1, -0.05) is 23.7 Å². The largest absolute Gasteiger partial charge is 0.439 e. The highest BCUT2D eigenvalue weighted by Crippen LogP contribution is 2.30. The molecule has 0 unspecified atom stereocenters. The van der Waals surface area contributed by atoms with Crippen LogP contribution in [0.2, 0.25) is 5.02 Å². The van der Waals surface area contributed by atoms with Gasteiger partial charge in [0, 0.05) is 18.8 Å². The highest BCUT2D eigenvalue weighted by molar-refractivity contribution is 6.34. The molecule has 0 aliphatic rings. The van der Waals surface area contributed by atoms with Gasteiger partial charge in [0.2, 0.25) is 12.3 Å². The van der Waals surface area contributed by atoms with Gasteiger partial charge < -0.3 is 4.74 Å². The number of hydrogen-bond acceptors (Lipinski definition) is 5. The molecule has 0 saturated carbocycles. The van der Waals surface area contributed by atoms with Gasteiger partial charge in [0.05, 0.1) is 17.1 Å². The monoisotopic (exact) mass is 470 g/mol. The Morgan fingerprint density at radius 3 is 2.39 bits per heavy atom. The molecule has 0 atom stereocenters. The van der Waals surface area contributed by atoms with E-state index in [-0.39, 0.29) is 22.6 Å². The molecule has 162 valence electrons. The molecule has 2 heterocycles. The SMILES string of the molecule is O=CN(CCc1ccc(Oc2ccc(C(F)(F)F)cn2)cc1)c1ncnc(CCl)c1Cl. The van der Waals surface area contributed by atoms with Gasteiger partial charge in [-0.2, -0.15) is 13.2 Å². The lowest BCUT2D eigenvalue weighted by Crippen LogP contribution is -2.25. The second-order valence-electron chi connectivity index (χ2n) is 6.27. The van der Waals surface area contributed by atoms with Crippen molar-refractivity contribution in [3.05, 3.63) is 70.8 Å². The maximum Gasteiger partial charge on any atom is 0.417 e. The molecular weight excluding hydrogens is 456 g/mol. The van der Waals surface area contributed by atoms with Crippen molar-refractivity contribution in [1.82, 2.24) is 15.0 Å². The Morgan fingerprint density at radius 1 is 1.06 bits per heavy atom. The van der Waals surface area contributed by atoms with E-state index >= 15 is 0 Å². The molecule has 2 aromatic heterocycles. The Labute approximate surface area is 185 Å². The summed E-state index contributed by atoms with van der Waals surface area (Å²) in [4.78, 5) is 24.5. The summed E-state index contributed by atoms with van der Waals surface area (Å²) in [6.07, 6.45) is -1.33. The van der Waals surface area contributed by atoms with Gasteiger partial charge in [0.15, 0.2) is 5.82 Å². The van der Waals surface area contributed by atoms with Gasteiger partial charge in [-0.25, -0.2) is 15.0 Å². The van der Waals surface area contributed by atoms with Crippen LogP contribution in [0.4, 0.5) is 19.0 Å². The molecule has 0 N–H and O–H groups in total. The summed E-state index contributed by atoms with van der Waals surface area (Å²) < 4.78 is 43.2. The van der Waals surface area contributed by atoms with Crippen LogP contribution in [0.25, 0.3) is 0 Å². The summed E-state index contributed by atoms with van der Waals surface area (Å²) in [6.45, 7) is 0.308. The van der Waals surface area contributed by atoms with E-state index in [1.54, 1.807) is 24.3 Å². The number of amides is 1. The lowest BCUT2D eigenvalue weighted by atomic mass is 10.1. The van der Waals surface area contributed by atoms with Crippen molar-refractivity contribution < 1.29 is 22.7 Å². The molecular formula is C20H15Cl2F3N4O2. The number of pyridine rings is 1. The fraction of sp³-hybridized carbons (Fsp3) is 0.200. The van der Waals surface area contributed by atoms with E-state index in [9.17, 15) is 18.0 Å². The number of carbonyl (C=O) groups is 1. The molecule has 1 aromatic carbocycles. The van der Waals surface area contributed by atoms with Crippen molar-refractivity contribution in [2.24, 2.45) is 0 Å². The normalized spacial score (nSPS) is 11.3. The second kappa shape index (κ2) is 9.93. The molecule has 1 amide bonds. The van der Waals surface area contributed by atoms with Gasteiger partial charge in [-0.05, 0) is 30.2 Å². The second-order valence-corrected chi connectivity index (χ2v) is 6.91. The van der Waals surface area contributed by atoms with Crippen molar-refractivity contribution in [1.29, 1.82) is 0 Å². The molecule has 0 aliphatic carbocycles. The number of hydrogen-bond donors (Lipinski definition) is 0. The number of benzene rings is 1. The lowest BCUT2D eigenvalue weighted by molar-refractivity contribution is -0.137. The summed E-state index contributed by atoms with van der Waals surface area (Å²) in [5.74, 6) is 0.821. The average Bonchev–Trinajstić information content (AvgIpc) is 2.76. The standard InChI is InChI=1S/C20H15Cl2F3N4O2/c21-9-16-18(22)19(28-11-27-16)29(12-30)8-7-13-1-4-15(5-2-13)31-17-6-3-14(10-26-17)20(23,24)25/h1-6,10-12H,7-9H2. The molecule has 0 aliphatic heterocycles. The van der Waals surface area contributed by atoms with Crippen LogP contribution < -0.4 is 9.64 Å². The van der Waals surface area contributed by atoms with Crippen LogP contribution in [0.1, 0.15) is 16.8 Å². The van der Waals surface area contributed by atoms with Crippen molar-refractivity contribution >= 4 is 35.4 Å². The van der Waals surface area contributed by atoms with Crippen LogP contribution >= 0.6 is 23.2 Å². The van der Waals surface area contributed by atoms with Gasteiger partial charge in [0.25, 0.3) is 0 Å². The smallest absolute Gasteiger partial charge is 0.417 e. The first kappa shape index (κ1) is 22.8. The highest BCUT2D eigenvalue weighted by Gasteiger charge is 2.30. The van der Waals surface area contributed by atoms with E-state index in [2.05, 4.69) is 15.0 Å². The van der Waals surface area contributed by atoms with Crippen LogP contribution in [0.15, 0.2) is 48.9 Å². The van der Waals surface area contributed by atoms with E-state index in [1.807, 2.05) is 0 Å². The summed E-state index contributed by atoms with van der Waals surface area (Å²) in [7, 11) is 0. The van der Waals surface area contributed by atoms with Crippen molar-refractivity contribution in [2.45, 2.75) is 18.5 Å². The molecule has 0 fully saturated rings. The van der Waals surface area contributed by atoms with Crippen LogP contribution in [-0.2, 0) is 23.3 Å². The summed E-state index contributed by atoms with van der Waals surface area (Å²) in [5, 5.41) is 0.220. The Balaban J connectivity index is 1.62. The number of carbonyl (C=O) groups excluding carboxylic acids is 1. The minimum Gasteiger partial charge on any atom is -0.439 e. The number of halogens is 5. The zero-order valence-electron chi connectivity index (χ0n) is 15.8. The third-order valence-corrected chi connectivity index (χ3v) is 4.86. The lowest BCUT2D eigenvalue weighted by Gasteiger charge is -2.18. The molecule has 0 saturated heterocycles. The zero-order chi connectivity index (χ0) is 22.4. The van der Waals surface area contributed by atoms with Gasteiger partial charge in [-0.3, -0.25) is 9.69 Å². The first-order chi connectivity index (χ1) is 14.8. The van der Waals surface area contributed by atoms with Crippen molar-refractivity contribution in [2.75, 3.05) is 11.4 Å². The molecule has 3 rings (SSSR count). The quantitative estimate of drug-likeness (QED) is 0.330. The van der Waals surface area contributed by atoms with Gasteiger partial charge >= 0.3 is 6.18 Å². The van der Waals surface area contributed by atoms with E-state index in [4.69, 9.17) is 27.9 Å². The number of aromatic nitrogens is 3. The van der Waals surface area contributed by atoms with Crippen molar-refractivity contribution in [3.63, 3.8) is 0 Å². The number of anilines is 1. The number of alkyl halides is 4. The topological polar surface area (TPSA) is 68.2 Å². The number of ether oxygens (including phenoxy) is 1. The van der Waals surface area contributed by atoms with Crippen LogP contribution in [0, 0.1) is 0 Å². The Kier molecular flexibility index (Phi) is 7.29. The van der Waals surface area contributed by atoms with E-state index in [0.29, 0.717) is 37.0 Å². The molecule has 3 aromatic rings. The third-order valence-electron chi connectivity index (χ3n) is 4.22. The summed E-state index contributed by atoms with van der Waals surface area (Å²) in [6, 6.07) is 8.91. The highest BCUT2D eigenvalue weighted by atomic mass is 35.5. The first-order valence-electron chi connectivity index (χ1n) is 8.89. The van der Waals surface area contributed by atoms with Crippen LogP contribution in [0.5, 0.6) is 11.6 Å². The Hall–Kier alpha value is -2.91. The van der Waals surface area contributed by atoms with Gasteiger partial charge in [0.1, 0.15) is 17.1 Å².